The summed E-state index contributed by atoms with van der Waals surface area (Å²) in [4.78, 5) is 38.2. The van der Waals surface area contributed by atoms with Gasteiger partial charge < -0.3 is 14.2 Å². The van der Waals surface area contributed by atoms with Gasteiger partial charge >= 0.3 is 17.9 Å². The molecule has 0 bridgehead atoms. The van der Waals surface area contributed by atoms with Crippen LogP contribution >= 0.6 is 0 Å². The maximum absolute atomic E-state index is 12.9. The molecule has 0 fully saturated rings. The zero-order chi connectivity index (χ0) is 52.9. The molecule has 412 valence electrons. The molecule has 6 heteroatoms. The molecule has 0 heterocycles. The third-order valence-corrected chi connectivity index (χ3v) is 12.1. The molecule has 0 saturated carbocycles. The Kier molecular flexibility index (Phi) is 56.4. The Morgan fingerprint density at radius 1 is 0.288 bits per heavy atom. The molecular formula is C67H108O6. The first-order valence-electron chi connectivity index (χ1n) is 29.7. The van der Waals surface area contributed by atoms with Crippen LogP contribution in [0.15, 0.2) is 134 Å². The van der Waals surface area contributed by atoms with Crippen molar-refractivity contribution < 1.29 is 28.6 Å². The second-order valence-corrected chi connectivity index (χ2v) is 19.2. The number of hydrogen-bond acceptors (Lipinski definition) is 6. The lowest BCUT2D eigenvalue weighted by atomic mass is 10.1. The molecule has 0 saturated heterocycles. The molecule has 0 aromatic heterocycles. The van der Waals surface area contributed by atoms with Crippen LogP contribution < -0.4 is 0 Å². The topological polar surface area (TPSA) is 78.9 Å². The zero-order valence-corrected chi connectivity index (χ0v) is 47.1. The summed E-state index contributed by atoms with van der Waals surface area (Å²) in [5, 5.41) is 0. The molecular weight excluding hydrogens is 901 g/mol. The molecule has 0 rings (SSSR count). The van der Waals surface area contributed by atoms with Crippen molar-refractivity contribution in [3.05, 3.63) is 134 Å². The molecule has 0 spiro atoms. The summed E-state index contributed by atoms with van der Waals surface area (Å²) in [6.45, 7) is 6.38. The molecule has 0 radical (unpaired) electrons. The second-order valence-electron chi connectivity index (χ2n) is 19.2. The highest BCUT2D eigenvalue weighted by molar-refractivity contribution is 5.71. The summed E-state index contributed by atoms with van der Waals surface area (Å²) in [5.41, 5.74) is 0. The Morgan fingerprint density at radius 2 is 0.575 bits per heavy atom. The van der Waals surface area contributed by atoms with Crippen LogP contribution in [0.1, 0.15) is 252 Å². The van der Waals surface area contributed by atoms with Crippen molar-refractivity contribution in [3.63, 3.8) is 0 Å². The third-order valence-electron chi connectivity index (χ3n) is 12.1. The largest absolute Gasteiger partial charge is 0.462 e. The van der Waals surface area contributed by atoms with Crippen molar-refractivity contribution >= 4 is 17.9 Å². The van der Waals surface area contributed by atoms with Gasteiger partial charge in [0.2, 0.25) is 0 Å². The van der Waals surface area contributed by atoms with Gasteiger partial charge in [-0.3, -0.25) is 14.4 Å². The fourth-order valence-electron chi connectivity index (χ4n) is 7.69. The summed E-state index contributed by atoms with van der Waals surface area (Å²) < 4.78 is 16.8. The van der Waals surface area contributed by atoms with Gasteiger partial charge in [0.05, 0.1) is 0 Å². The van der Waals surface area contributed by atoms with Gasteiger partial charge in [-0.25, -0.2) is 0 Å². The Bertz CT molecular complexity index is 1580. The van der Waals surface area contributed by atoms with E-state index in [9.17, 15) is 14.4 Å². The van der Waals surface area contributed by atoms with E-state index in [4.69, 9.17) is 14.2 Å². The van der Waals surface area contributed by atoms with E-state index in [1.807, 2.05) is 12.2 Å². The van der Waals surface area contributed by atoms with Crippen molar-refractivity contribution in [2.75, 3.05) is 13.2 Å². The Balaban J connectivity index is 4.59. The van der Waals surface area contributed by atoms with E-state index in [0.717, 1.165) is 83.5 Å². The number of unbranched alkanes of at least 4 members (excludes halogenated alkanes) is 19. The highest BCUT2D eigenvalue weighted by Crippen LogP contribution is 2.14. The number of rotatable bonds is 52. The summed E-state index contributed by atoms with van der Waals surface area (Å²) >= 11 is 0. The van der Waals surface area contributed by atoms with Crippen LogP contribution in [0.25, 0.3) is 0 Å². The van der Waals surface area contributed by atoms with E-state index in [0.29, 0.717) is 19.3 Å². The second kappa shape index (κ2) is 60.1. The fourth-order valence-corrected chi connectivity index (χ4v) is 7.69. The number of ether oxygens (including phenoxy) is 3. The normalized spacial score (nSPS) is 13.1. The number of esters is 3. The quantitative estimate of drug-likeness (QED) is 0.0261. The Hall–Kier alpha value is -4.45. The van der Waals surface area contributed by atoms with Gasteiger partial charge in [0.15, 0.2) is 6.10 Å². The van der Waals surface area contributed by atoms with E-state index in [1.54, 1.807) is 0 Å². The molecule has 0 unspecified atom stereocenters. The monoisotopic (exact) mass is 1010 g/mol. The van der Waals surface area contributed by atoms with E-state index in [-0.39, 0.29) is 44.0 Å². The SMILES string of the molecule is CC/C=C\C/C=C\C/C=C\C/C=C\C/C=C\C/C=C\CCC(=O)OC[C@@H](COC(=O)CCC/C=C\C/C=C\C/C=C\C/C=C\CCCCC)OC(=O)CCCCCCCCC/C=C\CCCCCCCCCC. The highest BCUT2D eigenvalue weighted by atomic mass is 16.6. The maximum Gasteiger partial charge on any atom is 0.306 e. The fraction of sp³-hybridized carbons (Fsp3) is 0.627. The van der Waals surface area contributed by atoms with Crippen LogP contribution in [0.2, 0.25) is 0 Å². The summed E-state index contributed by atoms with van der Waals surface area (Å²) in [7, 11) is 0. The zero-order valence-electron chi connectivity index (χ0n) is 47.1. The summed E-state index contributed by atoms with van der Waals surface area (Å²) in [5.74, 6) is -1.08. The minimum atomic E-state index is -0.839. The summed E-state index contributed by atoms with van der Waals surface area (Å²) in [6, 6.07) is 0. The molecule has 0 amide bonds. The van der Waals surface area contributed by atoms with Gasteiger partial charge in [-0.05, 0) is 122 Å². The van der Waals surface area contributed by atoms with Gasteiger partial charge in [-0.15, -0.1) is 0 Å². The minimum Gasteiger partial charge on any atom is -0.462 e. The van der Waals surface area contributed by atoms with Gasteiger partial charge in [-0.2, -0.15) is 0 Å². The van der Waals surface area contributed by atoms with Gasteiger partial charge in [0.25, 0.3) is 0 Å². The van der Waals surface area contributed by atoms with Crippen molar-refractivity contribution in [3.8, 4) is 0 Å². The average Bonchev–Trinajstić information content (AvgIpc) is 3.39. The van der Waals surface area contributed by atoms with Crippen molar-refractivity contribution in [2.24, 2.45) is 0 Å². The highest BCUT2D eigenvalue weighted by Gasteiger charge is 2.19. The van der Waals surface area contributed by atoms with E-state index in [1.165, 1.54) is 116 Å². The molecule has 0 aromatic carbocycles. The van der Waals surface area contributed by atoms with Crippen LogP contribution in [0.3, 0.4) is 0 Å². The summed E-state index contributed by atoms with van der Waals surface area (Å²) in [6.07, 6.45) is 84.6. The standard InChI is InChI=1S/C67H108O6/c1-4-7-10-13-16-19-22-25-28-31-33-36-39-42-45-48-51-54-57-60-66(69)72-63-64(62-71-65(68)59-56-53-50-47-44-41-38-35-30-27-24-21-18-15-12-9-6-3)73-67(70)61-58-55-52-49-46-43-40-37-34-32-29-26-23-20-17-14-11-8-5-2/h7,10,16,18-19,21,25,27-28,30,32-34,36,38,41-42,45,47,50-51,54,64H,4-6,8-9,11-15,17,20,22-24,26,29,31,35,37,39-40,43-44,46,48-49,52-53,55-63H2,1-3H3/b10-7-,19-16-,21-18-,28-25-,30-27-,34-32-,36-33-,41-38-,45-42-,50-47-,54-51-/t64-/m1/s1. The van der Waals surface area contributed by atoms with Crippen LogP contribution in [0.4, 0.5) is 0 Å². The number of carbonyl (C=O) groups excluding carboxylic acids is 3. The van der Waals surface area contributed by atoms with E-state index in [2.05, 4.69) is 142 Å². The molecule has 0 aromatic rings. The van der Waals surface area contributed by atoms with E-state index >= 15 is 0 Å². The van der Waals surface area contributed by atoms with Crippen molar-refractivity contribution in [1.82, 2.24) is 0 Å². The molecule has 1 atom stereocenters. The van der Waals surface area contributed by atoms with Crippen molar-refractivity contribution in [2.45, 2.75) is 258 Å². The predicted octanol–water partition coefficient (Wildman–Crippen LogP) is 20.2. The third kappa shape index (κ3) is 58.3. The van der Waals surface area contributed by atoms with Crippen LogP contribution in [-0.2, 0) is 28.6 Å². The van der Waals surface area contributed by atoms with Crippen LogP contribution in [0.5, 0.6) is 0 Å². The van der Waals surface area contributed by atoms with Crippen molar-refractivity contribution in [1.29, 1.82) is 0 Å². The van der Waals surface area contributed by atoms with Crippen LogP contribution in [-0.4, -0.2) is 37.2 Å². The Morgan fingerprint density at radius 3 is 1.00 bits per heavy atom. The Labute approximate surface area is 449 Å². The first-order chi connectivity index (χ1) is 36.0. The lowest BCUT2D eigenvalue weighted by molar-refractivity contribution is -0.166. The van der Waals surface area contributed by atoms with Gasteiger partial charge in [0, 0.05) is 19.3 Å². The molecule has 0 aliphatic rings. The molecule has 6 nitrogen and oxygen atoms in total. The number of hydrogen-bond donors (Lipinski definition) is 0. The molecule has 73 heavy (non-hydrogen) atoms. The lowest BCUT2D eigenvalue weighted by Crippen LogP contribution is -2.30. The minimum absolute atomic E-state index is 0.135. The molecule has 0 aliphatic heterocycles. The number of carbonyl (C=O) groups is 3. The smallest absolute Gasteiger partial charge is 0.306 e. The van der Waals surface area contributed by atoms with Gasteiger partial charge in [0.1, 0.15) is 13.2 Å². The maximum atomic E-state index is 12.9. The lowest BCUT2D eigenvalue weighted by Gasteiger charge is -2.18. The predicted molar refractivity (Wildman–Crippen MR) is 316 cm³/mol. The van der Waals surface area contributed by atoms with Crippen LogP contribution in [0, 0.1) is 0 Å². The average molecular weight is 1010 g/mol. The first kappa shape index (κ1) is 68.6. The number of allylic oxidation sites excluding steroid dienone is 22. The van der Waals surface area contributed by atoms with E-state index < -0.39 is 6.10 Å². The molecule has 0 aliphatic carbocycles. The first-order valence-corrected chi connectivity index (χ1v) is 29.7. The van der Waals surface area contributed by atoms with Gasteiger partial charge in [-0.1, -0.05) is 244 Å². The molecule has 0 N–H and O–H groups in total.